The average molecular weight is 804 g/mol. The molecular formula is C45H33N5O10. The number of carbonyl (C=O) groups excluding carboxylic acids is 2. The molecule has 0 saturated heterocycles. The number of hydrogen-bond acceptors (Lipinski definition) is 13. The number of fused-ring (bicyclic) bond motifs is 4. The summed E-state index contributed by atoms with van der Waals surface area (Å²) in [5, 5.41) is 28.8. The van der Waals surface area contributed by atoms with Crippen LogP contribution in [0.1, 0.15) is 52.8 Å². The van der Waals surface area contributed by atoms with Crippen LogP contribution in [0, 0.1) is 0 Å². The van der Waals surface area contributed by atoms with Crippen molar-refractivity contribution in [3.05, 3.63) is 147 Å². The molecule has 6 N–H and O–H groups in total. The van der Waals surface area contributed by atoms with Gasteiger partial charge in [-0.25, -0.2) is 29.1 Å². The van der Waals surface area contributed by atoms with Crippen molar-refractivity contribution >= 4 is 73.7 Å². The Balaban J connectivity index is 1.33. The molecule has 298 valence electrons. The van der Waals surface area contributed by atoms with E-state index in [0.717, 1.165) is 5.39 Å². The number of esters is 2. The van der Waals surface area contributed by atoms with Crippen LogP contribution in [0.5, 0.6) is 0 Å². The third-order valence-electron chi connectivity index (χ3n) is 10.2. The van der Waals surface area contributed by atoms with Crippen LogP contribution in [0.15, 0.2) is 112 Å². The van der Waals surface area contributed by atoms with Gasteiger partial charge in [-0.05, 0) is 72.3 Å². The number of aromatic nitrogens is 2. The molecule has 2 aliphatic rings. The zero-order valence-electron chi connectivity index (χ0n) is 31.9. The number of nitrogens with zero attached hydrogens (tertiary/aromatic N) is 2. The van der Waals surface area contributed by atoms with Crippen molar-refractivity contribution in [2.45, 2.75) is 13.1 Å². The van der Waals surface area contributed by atoms with Crippen LogP contribution >= 0.6 is 0 Å². The number of anilines is 3. The predicted octanol–water partition coefficient (Wildman–Crippen LogP) is 7.44. The van der Waals surface area contributed by atoms with Gasteiger partial charge in [-0.3, -0.25) is 4.79 Å². The molecule has 0 atom stereocenters. The lowest BCUT2D eigenvalue weighted by Crippen LogP contribution is -2.16. The molecule has 2 aromatic heterocycles. The Bertz CT molecular complexity index is 3120. The molecule has 0 bridgehead atoms. The Kier molecular flexibility index (Phi) is 9.99. The minimum absolute atomic E-state index is 0.0245. The lowest BCUT2D eigenvalue weighted by molar-refractivity contribution is 0.0586. The highest BCUT2D eigenvalue weighted by Crippen LogP contribution is 2.45. The number of ether oxygens (including phenoxy) is 2. The fourth-order valence-electron chi connectivity index (χ4n) is 7.22. The second-order valence-electron chi connectivity index (χ2n) is 13.6. The number of pyridine rings is 2. The maximum absolute atomic E-state index is 13.9. The van der Waals surface area contributed by atoms with E-state index >= 15 is 0 Å². The molecule has 0 fully saturated rings. The predicted molar refractivity (Wildman–Crippen MR) is 224 cm³/mol. The monoisotopic (exact) mass is 803 g/mol. The summed E-state index contributed by atoms with van der Waals surface area (Å²) in [6.07, 6.45) is 0. The smallest absolute Gasteiger partial charge is 0.356 e. The van der Waals surface area contributed by atoms with Gasteiger partial charge in [0.25, 0.3) is 0 Å². The zero-order valence-corrected chi connectivity index (χ0v) is 31.9. The Morgan fingerprint density at radius 3 is 1.85 bits per heavy atom. The van der Waals surface area contributed by atoms with E-state index in [-0.39, 0.29) is 63.8 Å². The molecule has 3 heterocycles. The lowest BCUT2D eigenvalue weighted by Gasteiger charge is -2.22. The van der Waals surface area contributed by atoms with Crippen molar-refractivity contribution in [2.24, 2.45) is 0 Å². The van der Waals surface area contributed by atoms with Crippen molar-refractivity contribution in [3.8, 4) is 22.5 Å². The van der Waals surface area contributed by atoms with E-state index in [0.29, 0.717) is 49.9 Å². The molecule has 1 aliphatic heterocycles. The fraction of sp³-hybridized carbons (Fsp3) is 0.0889. The summed E-state index contributed by atoms with van der Waals surface area (Å²) in [6.45, 7) is -0.0917. The van der Waals surface area contributed by atoms with Crippen LogP contribution in [0.25, 0.3) is 55.2 Å². The van der Waals surface area contributed by atoms with Crippen LogP contribution in [0.2, 0.25) is 0 Å². The second-order valence-corrected chi connectivity index (χ2v) is 13.6. The third kappa shape index (κ3) is 6.89. The first-order valence-electron chi connectivity index (χ1n) is 18.3. The first-order valence-corrected chi connectivity index (χ1v) is 18.3. The van der Waals surface area contributed by atoms with Gasteiger partial charge in [0.2, 0.25) is 0 Å². The molecule has 4 aromatic carbocycles. The first kappa shape index (κ1) is 38.5. The highest BCUT2D eigenvalue weighted by molar-refractivity contribution is 6.10. The topological polar surface area (TPSA) is 233 Å². The van der Waals surface area contributed by atoms with Crippen LogP contribution in [0.3, 0.4) is 0 Å². The van der Waals surface area contributed by atoms with Crippen molar-refractivity contribution in [1.29, 1.82) is 0 Å². The molecule has 0 spiro atoms. The Labute approximate surface area is 339 Å². The van der Waals surface area contributed by atoms with Crippen LogP contribution in [-0.4, -0.2) is 58.3 Å². The van der Waals surface area contributed by atoms with Crippen molar-refractivity contribution in [3.63, 3.8) is 0 Å². The first-order chi connectivity index (χ1) is 29.0. The quantitative estimate of drug-likeness (QED) is 0.0486. The molecular weight excluding hydrogens is 771 g/mol. The number of rotatable bonds is 11. The summed E-state index contributed by atoms with van der Waals surface area (Å²) < 4.78 is 16.5. The Hall–Kier alpha value is -8.33. The van der Waals surface area contributed by atoms with E-state index in [4.69, 9.17) is 19.6 Å². The summed E-state index contributed by atoms with van der Waals surface area (Å²) in [4.78, 5) is 72.6. The summed E-state index contributed by atoms with van der Waals surface area (Å²) in [7, 11) is 2.52. The minimum atomic E-state index is -1.31. The lowest BCUT2D eigenvalue weighted by atomic mass is 9.87. The molecule has 0 unspecified atom stereocenters. The van der Waals surface area contributed by atoms with Gasteiger partial charge in [-0.2, -0.15) is 0 Å². The second kappa shape index (κ2) is 15.5. The summed E-state index contributed by atoms with van der Waals surface area (Å²) in [6, 6.07) is 27.2. The number of para-hydroxylation sites is 2. The summed E-state index contributed by atoms with van der Waals surface area (Å²) >= 11 is 0. The molecule has 0 saturated carbocycles. The molecule has 15 nitrogen and oxygen atoms in total. The van der Waals surface area contributed by atoms with Crippen molar-refractivity contribution in [1.82, 2.24) is 9.97 Å². The normalized spacial score (nSPS) is 11.2. The third-order valence-corrected chi connectivity index (χ3v) is 10.2. The molecule has 6 aromatic rings. The number of methoxy groups -OCH3 is 2. The molecule has 0 radical (unpaired) electrons. The van der Waals surface area contributed by atoms with Crippen molar-refractivity contribution in [2.75, 3.05) is 30.6 Å². The molecule has 15 heteroatoms. The maximum Gasteiger partial charge on any atom is 0.356 e. The fourth-order valence-corrected chi connectivity index (χ4v) is 7.22. The number of carbonyl (C=O) groups is 4. The highest BCUT2D eigenvalue weighted by Gasteiger charge is 2.27. The van der Waals surface area contributed by atoms with Gasteiger partial charge in [-0.15, -0.1) is 0 Å². The van der Waals surface area contributed by atoms with E-state index in [1.165, 1.54) is 44.6 Å². The summed E-state index contributed by atoms with van der Waals surface area (Å²) in [5.74, 6) is -3.74. The van der Waals surface area contributed by atoms with Crippen LogP contribution in [0.4, 0.5) is 17.1 Å². The Morgan fingerprint density at radius 1 is 0.683 bits per heavy atom. The van der Waals surface area contributed by atoms with Gasteiger partial charge in [0.1, 0.15) is 22.7 Å². The van der Waals surface area contributed by atoms with Crippen molar-refractivity contribution < 1.29 is 43.3 Å². The maximum atomic E-state index is 13.9. The van der Waals surface area contributed by atoms with Gasteiger partial charge in [-0.1, -0.05) is 36.4 Å². The minimum Gasteiger partial charge on any atom is -0.478 e. The van der Waals surface area contributed by atoms with E-state index < -0.39 is 29.3 Å². The van der Waals surface area contributed by atoms with Gasteiger partial charge in [0.05, 0.1) is 53.3 Å². The van der Waals surface area contributed by atoms with Gasteiger partial charge in [0, 0.05) is 51.6 Å². The number of aromatic carboxylic acids is 2. The van der Waals surface area contributed by atoms with Crippen LogP contribution < -0.4 is 21.8 Å². The molecule has 8 rings (SSSR count). The largest absolute Gasteiger partial charge is 0.478 e. The molecule has 60 heavy (non-hydrogen) atoms. The molecule has 0 amide bonds. The summed E-state index contributed by atoms with van der Waals surface area (Å²) in [5.41, 5.74) is 9.74. The highest BCUT2D eigenvalue weighted by atomic mass is 16.5. The number of carboxylic acids is 2. The van der Waals surface area contributed by atoms with Gasteiger partial charge in [0.15, 0.2) is 5.43 Å². The average Bonchev–Trinajstić information content (AvgIpc) is 3.26. The van der Waals surface area contributed by atoms with E-state index in [1.54, 1.807) is 54.6 Å². The van der Waals surface area contributed by atoms with Gasteiger partial charge < -0.3 is 40.5 Å². The SMILES string of the molecule is COC(=O)c1ccc2cccc(NCc3c4oc5c(CNc6cccc7ccc(C(=O)OC)nc67)c(N)ccc5c(-c5cc(C(=O)O)ccc5C(=O)O)c-4ccc3=O)c2n1. The molecule has 1 aliphatic carbocycles. The number of benzene rings is 5. The number of hydrogen-bond donors (Lipinski definition) is 5. The number of carboxylic acid groups (broad SMARTS) is 2. The number of nitrogens with two attached hydrogens (primary N) is 1. The zero-order chi connectivity index (χ0) is 42.2. The number of nitrogen functional groups attached to an aromatic ring is 1. The van der Waals surface area contributed by atoms with Crippen LogP contribution in [-0.2, 0) is 22.6 Å². The number of nitrogens with one attached hydrogen (secondary N) is 2. The van der Waals surface area contributed by atoms with E-state index in [9.17, 15) is 34.2 Å². The Morgan fingerprint density at radius 2 is 1.28 bits per heavy atom. The van der Waals surface area contributed by atoms with E-state index in [1.807, 2.05) is 18.2 Å². The van der Waals surface area contributed by atoms with E-state index in [2.05, 4.69) is 20.6 Å². The standard InChI is InChI=1S/C45H33N5O10/c1-58-44(56)34-16-10-22-5-3-7-32(38(22)49-34)47-20-29-31(46)15-13-26-37(28-19-24(42(52)53)9-12-25(28)43(54)55)27-14-18-36(51)30(41(27)60-40(26)29)21-48-33-8-4-6-23-11-17-35(45(57)59-2)50-39(23)33/h3-19,47-48H,20-21,46H2,1-2H3,(H,52,53)(H,54,55). The van der Waals surface area contributed by atoms with Gasteiger partial charge >= 0.3 is 23.9 Å².